The van der Waals surface area contributed by atoms with Gasteiger partial charge in [-0.3, -0.25) is 14.5 Å². The topological polar surface area (TPSA) is 86.8 Å². The predicted octanol–water partition coefficient (Wildman–Crippen LogP) is 0.967. The molecule has 2 saturated heterocycles. The minimum absolute atomic E-state index is 0.00103. The van der Waals surface area contributed by atoms with Gasteiger partial charge in [-0.25, -0.2) is 12.7 Å². The zero-order chi connectivity index (χ0) is 18.0. The summed E-state index contributed by atoms with van der Waals surface area (Å²) >= 11 is 0. The van der Waals surface area contributed by atoms with Crippen molar-refractivity contribution in [3.05, 3.63) is 29.8 Å². The van der Waals surface area contributed by atoms with E-state index in [1.54, 1.807) is 12.1 Å². The van der Waals surface area contributed by atoms with Crippen molar-refractivity contribution in [2.45, 2.75) is 32.2 Å². The zero-order valence-corrected chi connectivity index (χ0v) is 15.1. The number of anilines is 1. The van der Waals surface area contributed by atoms with E-state index in [1.807, 2.05) is 0 Å². The van der Waals surface area contributed by atoms with Crippen molar-refractivity contribution in [1.29, 1.82) is 0 Å². The number of carbonyl (C=O) groups is 2. The molecule has 3 rings (SSSR count). The molecule has 0 radical (unpaired) electrons. The number of benzene rings is 1. The summed E-state index contributed by atoms with van der Waals surface area (Å²) in [7, 11) is -3.58. The van der Waals surface area contributed by atoms with Crippen molar-refractivity contribution >= 4 is 27.5 Å². The van der Waals surface area contributed by atoms with Gasteiger partial charge < -0.3 is 5.32 Å². The highest BCUT2D eigenvalue weighted by Crippen LogP contribution is 2.25. The largest absolute Gasteiger partial charge is 0.350 e. The van der Waals surface area contributed by atoms with Gasteiger partial charge in [-0.15, -0.1) is 0 Å². The van der Waals surface area contributed by atoms with Gasteiger partial charge in [0, 0.05) is 24.6 Å². The summed E-state index contributed by atoms with van der Waals surface area (Å²) in [4.78, 5) is 26.4. The molecule has 0 unspecified atom stereocenters. The van der Waals surface area contributed by atoms with Crippen molar-refractivity contribution < 1.29 is 18.0 Å². The molecule has 0 aromatic heterocycles. The van der Waals surface area contributed by atoms with Crippen LogP contribution in [-0.4, -0.2) is 56.6 Å². The van der Waals surface area contributed by atoms with Crippen LogP contribution in [0, 0.1) is 0 Å². The van der Waals surface area contributed by atoms with Gasteiger partial charge in [-0.2, -0.15) is 0 Å². The number of hydrogen-bond acceptors (Lipinski definition) is 5. The molecule has 0 spiro atoms. The summed E-state index contributed by atoms with van der Waals surface area (Å²) in [5, 5.41) is 2.91. The second kappa shape index (κ2) is 7.13. The smallest absolute Gasteiger partial charge is 0.251 e. The lowest BCUT2D eigenvalue weighted by atomic mass is 10.2. The average Bonchev–Trinajstić information content (AvgIpc) is 3.21. The Morgan fingerprint density at radius 2 is 1.84 bits per heavy atom. The van der Waals surface area contributed by atoms with E-state index >= 15 is 0 Å². The van der Waals surface area contributed by atoms with Crippen LogP contribution < -0.4 is 9.62 Å². The van der Waals surface area contributed by atoms with Gasteiger partial charge in [0.25, 0.3) is 5.91 Å². The van der Waals surface area contributed by atoms with E-state index in [0.29, 0.717) is 12.1 Å². The monoisotopic (exact) mass is 365 g/mol. The lowest BCUT2D eigenvalue weighted by molar-refractivity contribution is -0.116. The molecule has 2 heterocycles. The fraction of sp³-hybridized carbons (Fsp3) is 0.529. The minimum atomic E-state index is -3.58. The van der Waals surface area contributed by atoms with Gasteiger partial charge in [0.2, 0.25) is 15.9 Å². The van der Waals surface area contributed by atoms with Gasteiger partial charge >= 0.3 is 0 Å². The molecule has 1 aromatic carbocycles. The molecule has 8 heteroatoms. The van der Waals surface area contributed by atoms with Crippen LogP contribution >= 0.6 is 0 Å². The van der Waals surface area contributed by atoms with E-state index in [-0.39, 0.29) is 29.8 Å². The molecule has 2 aliphatic heterocycles. The molecule has 0 saturated carbocycles. The van der Waals surface area contributed by atoms with E-state index in [1.165, 1.54) is 25.0 Å². The summed E-state index contributed by atoms with van der Waals surface area (Å²) in [5.41, 5.74) is 0.728. The molecule has 7 nitrogen and oxygen atoms in total. The van der Waals surface area contributed by atoms with E-state index < -0.39 is 15.9 Å². The van der Waals surface area contributed by atoms with Crippen LogP contribution in [0.5, 0.6) is 0 Å². The number of likely N-dealkylation sites (tertiary alicyclic amines) is 1. The Bertz CT molecular complexity index is 755. The molecule has 2 aliphatic rings. The summed E-state index contributed by atoms with van der Waals surface area (Å²) in [6, 6.07) is 6.38. The van der Waals surface area contributed by atoms with Crippen LogP contribution in [0.1, 0.15) is 36.5 Å². The molecular formula is C17H23N3O4S. The highest BCUT2D eigenvalue weighted by molar-refractivity contribution is 7.94. The Morgan fingerprint density at radius 1 is 1.20 bits per heavy atom. The molecule has 2 fully saturated rings. The molecule has 0 bridgehead atoms. The Labute approximate surface area is 148 Å². The second-order valence-corrected chi connectivity index (χ2v) is 8.51. The van der Waals surface area contributed by atoms with Gasteiger partial charge in [0.1, 0.15) is 0 Å². The van der Waals surface area contributed by atoms with Gasteiger partial charge in [-0.05, 0) is 57.1 Å². The lowest BCUT2D eigenvalue weighted by Gasteiger charge is -2.23. The fourth-order valence-corrected chi connectivity index (χ4v) is 4.73. The van der Waals surface area contributed by atoms with Crippen LogP contribution in [-0.2, 0) is 14.8 Å². The third-order valence-electron chi connectivity index (χ3n) is 4.76. The van der Waals surface area contributed by atoms with E-state index in [0.717, 1.165) is 17.4 Å². The molecular weight excluding hydrogens is 342 g/mol. The van der Waals surface area contributed by atoms with Crippen LogP contribution in [0.25, 0.3) is 0 Å². The standard InChI is InChI=1S/C17H23N3O4S/c1-13(19-9-2-3-10-19)12-18-17(22)14-4-6-15(7-5-14)20-16(21)8-11-25(20,23)24/h4-7,13H,2-3,8-12H2,1H3,(H,18,22)/t13-/m0/s1. The van der Waals surface area contributed by atoms with Crippen molar-refractivity contribution in [2.75, 3.05) is 29.7 Å². The zero-order valence-electron chi connectivity index (χ0n) is 14.3. The van der Waals surface area contributed by atoms with Crippen molar-refractivity contribution in [3.63, 3.8) is 0 Å². The van der Waals surface area contributed by atoms with Crippen molar-refractivity contribution in [2.24, 2.45) is 0 Å². The molecule has 1 aromatic rings. The van der Waals surface area contributed by atoms with Gasteiger partial charge in [0.15, 0.2) is 0 Å². The maximum Gasteiger partial charge on any atom is 0.251 e. The highest BCUT2D eigenvalue weighted by atomic mass is 32.2. The number of amides is 2. The Morgan fingerprint density at radius 3 is 2.40 bits per heavy atom. The van der Waals surface area contributed by atoms with Crippen LogP contribution in [0.2, 0.25) is 0 Å². The first-order chi connectivity index (χ1) is 11.9. The van der Waals surface area contributed by atoms with E-state index in [4.69, 9.17) is 0 Å². The third kappa shape index (κ3) is 3.85. The number of nitrogens with zero attached hydrogens (tertiary/aromatic N) is 2. The predicted molar refractivity (Wildman–Crippen MR) is 94.9 cm³/mol. The minimum Gasteiger partial charge on any atom is -0.350 e. The summed E-state index contributed by atoms with van der Waals surface area (Å²) in [5.74, 6) is -0.799. The normalized spacial score (nSPS) is 21.5. The number of hydrogen-bond donors (Lipinski definition) is 1. The molecule has 1 N–H and O–H groups in total. The Balaban J connectivity index is 1.62. The highest BCUT2D eigenvalue weighted by Gasteiger charge is 2.36. The molecule has 1 atom stereocenters. The van der Waals surface area contributed by atoms with Crippen molar-refractivity contribution in [3.8, 4) is 0 Å². The lowest BCUT2D eigenvalue weighted by Crippen LogP contribution is -2.40. The van der Waals surface area contributed by atoms with E-state index in [9.17, 15) is 18.0 Å². The summed E-state index contributed by atoms with van der Waals surface area (Å²) < 4.78 is 24.7. The Kier molecular flexibility index (Phi) is 5.10. The molecule has 2 amide bonds. The quantitative estimate of drug-likeness (QED) is 0.840. The Hall–Kier alpha value is -1.93. The maximum atomic E-state index is 12.3. The van der Waals surface area contributed by atoms with Gasteiger partial charge in [-0.1, -0.05) is 0 Å². The van der Waals surface area contributed by atoms with Crippen LogP contribution in [0.4, 0.5) is 5.69 Å². The van der Waals surface area contributed by atoms with Crippen LogP contribution in [0.15, 0.2) is 24.3 Å². The third-order valence-corrected chi connectivity index (χ3v) is 6.46. The molecule has 25 heavy (non-hydrogen) atoms. The van der Waals surface area contributed by atoms with Crippen molar-refractivity contribution in [1.82, 2.24) is 10.2 Å². The maximum absolute atomic E-state index is 12.3. The number of sulfonamides is 1. The molecule has 136 valence electrons. The van der Waals surface area contributed by atoms with Crippen LogP contribution in [0.3, 0.4) is 0 Å². The second-order valence-electron chi connectivity index (χ2n) is 6.57. The first-order valence-electron chi connectivity index (χ1n) is 8.56. The first-order valence-corrected chi connectivity index (χ1v) is 10.2. The average molecular weight is 365 g/mol. The number of nitrogens with one attached hydrogen (secondary N) is 1. The number of carbonyl (C=O) groups excluding carboxylic acids is 2. The SMILES string of the molecule is C[C@@H](CNC(=O)c1ccc(N2C(=O)CCS2(=O)=O)cc1)N1CCCC1. The van der Waals surface area contributed by atoms with E-state index in [2.05, 4.69) is 17.1 Å². The fourth-order valence-electron chi connectivity index (χ4n) is 3.27. The van der Waals surface area contributed by atoms with Gasteiger partial charge in [0.05, 0.1) is 11.4 Å². The number of rotatable bonds is 5. The molecule has 0 aliphatic carbocycles. The summed E-state index contributed by atoms with van der Waals surface area (Å²) in [6.45, 7) is 4.81. The summed E-state index contributed by atoms with van der Waals surface area (Å²) in [6.07, 6.45) is 2.41. The first kappa shape index (κ1) is 17.9.